The summed E-state index contributed by atoms with van der Waals surface area (Å²) in [6, 6.07) is 4.33. The van der Waals surface area contributed by atoms with Crippen LogP contribution in [-0.4, -0.2) is 13.1 Å². The third kappa shape index (κ3) is 3.45. The van der Waals surface area contributed by atoms with Crippen LogP contribution in [0.1, 0.15) is 58.1 Å². The number of ether oxygens (including phenoxy) is 1. The van der Waals surface area contributed by atoms with Crippen LogP contribution in [0.3, 0.4) is 0 Å². The molecule has 0 radical (unpaired) electrons. The normalized spacial score (nSPS) is 17.0. The van der Waals surface area contributed by atoms with Gasteiger partial charge in [0.1, 0.15) is 11.5 Å². The summed E-state index contributed by atoms with van der Waals surface area (Å²) in [7, 11) is 0. The molecule has 2 aliphatic rings. The molecule has 3 N–H and O–H groups in total. The Kier molecular flexibility index (Phi) is 6.28. The molecule has 3 rings (SSSR count). The molecule has 23 heavy (non-hydrogen) atoms. The van der Waals surface area contributed by atoms with Gasteiger partial charge in [-0.3, -0.25) is 0 Å². The van der Waals surface area contributed by atoms with Crippen molar-refractivity contribution < 1.29 is 4.74 Å². The molecule has 1 aromatic rings. The Morgan fingerprint density at radius 3 is 2.70 bits per heavy atom. The molecule has 0 unspecified atom stereocenters. The van der Waals surface area contributed by atoms with Gasteiger partial charge in [-0.15, -0.1) is 0 Å². The van der Waals surface area contributed by atoms with E-state index in [0.717, 1.165) is 43.7 Å². The topological polar surface area (TPSA) is 47.3 Å². The van der Waals surface area contributed by atoms with Crippen LogP contribution in [0.2, 0.25) is 0 Å². The molecule has 0 amide bonds. The number of allylic oxidation sites excluding steroid dienone is 1. The highest BCUT2D eigenvalue weighted by molar-refractivity contribution is 5.75. The van der Waals surface area contributed by atoms with E-state index in [1.54, 1.807) is 0 Å². The first-order valence-electron chi connectivity index (χ1n) is 8.99. The highest BCUT2D eigenvalue weighted by Gasteiger charge is 2.25. The molecule has 0 saturated carbocycles. The summed E-state index contributed by atoms with van der Waals surface area (Å²) in [6.07, 6.45) is 6.22. The van der Waals surface area contributed by atoms with Gasteiger partial charge >= 0.3 is 0 Å². The number of fused-ring (bicyclic) bond motifs is 3. The fourth-order valence-electron chi connectivity index (χ4n) is 3.22. The van der Waals surface area contributed by atoms with E-state index in [1.165, 1.54) is 28.0 Å². The van der Waals surface area contributed by atoms with Gasteiger partial charge in [0, 0.05) is 23.4 Å². The van der Waals surface area contributed by atoms with Gasteiger partial charge in [-0.2, -0.15) is 0 Å². The van der Waals surface area contributed by atoms with Crippen molar-refractivity contribution in [2.75, 3.05) is 18.4 Å². The molecular weight excluding hydrogens is 284 g/mol. The van der Waals surface area contributed by atoms with Crippen LogP contribution in [-0.2, 0) is 6.42 Å². The standard InChI is InChI=1S/C18H24N2O.C2H6/c1-3-12(7-9-19)17-13(4-2)11-14-5-6-16-15(8-10-20-16)18(14)21-17;1-2/h5-6,11,20H,3-4,7-10,19H2,1-2H3;1-2H3/b17-12-;. The molecule has 0 atom stereocenters. The first-order valence-corrected chi connectivity index (χ1v) is 8.99. The molecular formula is C20H30N2O. The third-order valence-corrected chi connectivity index (χ3v) is 4.38. The van der Waals surface area contributed by atoms with Crippen molar-refractivity contribution in [1.82, 2.24) is 0 Å². The molecule has 0 spiro atoms. The lowest BCUT2D eigenvalue weighted by molar-refractivity contribution is 0.413. The number of hydrogen-bond acceptors (Lipinski definition) is 3. The number of nitrogens with one attached hydrogen (secondary N) is 1. The zero-order valence-electron chi connectivity index (χ0n) is 15.0. The monoisotopic (exact) mass is 314 g/mol. The van der Waals surface area contributed by atoms with Crippen LogP contribution in [0.25, 0.3) is 6.08 Å². The molecule has 1 aromatic carbocycles. The number of rotatable bonds is 4. The van der Waals surface area contributed by atoms with E-state index in [2.05, 4.69) is 37.4 Å². The van der Waals surface area contributed by atoms with E-state index in [4.69, 9.17) is 10.5 Å². The maximum atomic E-state index is 6.40. The van der Waals surface area contributed by atoms with Gasteiger partial charge < -0.3 is 15.8 Å². The van der Waals surface area contributed by atoms with Gasteiger partial charge in [0.15, 0.2) is 0 Å². The lowest BCUT2D eigenvalue weighted by Crippen LogP contribution is -2.12. The quantitative estimate of drug-likeness (QED) is 0.832. The molecule has 0 bridgehead atoms. The number of nitrogens with two attached hydrogens (primary N) is 1. The smallest absolute Gasteiger partial charge is 0.139 e. The van der Waals surface area contributed by atoms with Gasteiger partial charge in [-0.25, -0.2) is 0 Å². The van der Waals surface area contributed by atoms with Crippen molar-refractivity contribution in [1.29, 1.82) is 0 Å². The summed E-state index contributed by atoms with van der Waals surface area (Å²) in [6.45, 7) is 10.0. The van der Waals surface area contributed by atoms with Crippen molar-refractivity contribution in [3.8, 4) is 5.75 Å². The average molecular weight is 314 g/mol. The van der Waals surface area contributed by atoms with Crippen LogP contribution < -0.4 is 15.8 Å². The fraction of sp³-hybridized carbons (Fsp3) is 0.500. The second-order valence-electron chi connectivity index (χ2n) is 5.64. The Morgan fingerprint density at radius 1 is 1.26 bits per heavy atom. The summed E-state index contributed by atoms with van der Waals surface area (Å²) in [5, 5.41) is 3.42. The minimum atomic E-state index is 0.675. The Hall–Kier alpha value is -1.74. The van der Waals surface area contributed by atoms with Crippen molar-refractivity contribution in [2.24, 2.45) is 5.73 Å². The second kappa shape index (κ2) is 8.21. The Labute approximate surface area is 140 Å². The van der Waals surface area contributed by atoms with E-state index < -0.39 is 0 Å². The average Bonchev–Trinajstić information content (AvgIpc) is 3.09. The summed E-state index contributed by atoms with van der Waals surface area (Å²) >= 11 is 0. The van der Waals surface area contributed by atoms with Gasteiger partial charge in [-0.05, 0) is 61.6 Å². The van der Waals surface area contributed by atoms with E-state index in [-0.39, 0.29) is 0 Å². The second-order valence-corrected chi connectivity index (χ2v) is 5.64. The SMILES string of the molecule is CC.CCC1=Cc2ccc3c(c2O/C1=C(/CC)CCN)CCN3. The zero-order chi connectivity index (χ0) is 16.8. The maximum Gasteiger partial charge on any atom is 0.139 e. The third-order valence-electron chi connectivity index (χ3n) is 4.38. The zero-order valence-corrected chi connectivity index (χ0v) is 15.0. The van der Waals surface area contributed by atoms with Gasteiger partial charge in [0.25, 0.3) is 0 Å². The fourth-order valence-corrected chi connectivity index (χ4v) is 3.22. The van der Waals surface area contributed by atoms with Gasteiger partial charge in [0.05, 0.1) is 0 Å². The maximum absolute atomic E-state index is 6.40. The van der Waals surface area contributed by atoms with E-state index in [1.807, 2.05) is 13.8 Å². The summed E-state index contributed by atoms with van der Waals surface area (Å²) in [5.41, 5.74) is 12.1. The Balaban J connectivity index is 0.000000924. The lowest BCUT2D eigenvalue weighted by atomic mass is 9.95. The van der Waals surface area contributed by atoms with Crippen LogP contribution >= 0.6 is 0 Å². The van der Waals surface area contributed by atoms with E-state index in [9.17, 15) is 0 Å². The largest absolute Gasteiger partial charge is 0.456 e. The van der Waals surface area contributed by atoms with Crippen LogP contribution in [0.4, 0.5) is 5.69 Å². The molecule has 2 aliphatic heterocycles. The molecule has 0 fully saturated rings. The first-order chi connectivity index (χ1) is 11.3. The predicted molar refractivity (Wildman–Crippen MR) is 99.9 cm³/mol. The number of hydrogen-bond donors (Lipinski definition) is 2. The summed E-state index contributed by atoms with van der Waals surface area (Å²) in [5.74, 6) is 2.12. The summed E-state index contributed by atoms with van der Waals surface area (Å²) < 4.78 is 6.40. The van der Waals surface area contributed by atoms with Crippen LogP contribution in [0.15, 0.2) is 29.0 Å². The lowest BCUT2D eigenvalue weighted by Gasteiger charge is -2.25. The molecule has 3 heteroatoms. The molecule has 3 nitrogen and oxygen atoms in total. The molecule has 0 aliphatic carbocycles. The van der Waals surface area contributed by atoms with E-state index in [0.29, 0.717) is 6.54 Å². The van der Waals surface area contributed by atoms with Crippen LogP contribution in [0, 0.1) is 0 Å². The minimum Gasteiger partial charge on any atom is -0.456 e. The number of anilines is 1. The molecule has 0 saturated heterocycles. The predicted octanol–water partition coefficient (Wildman–Crippen LogP) is 4.88. The Morgan fingerprint density at radius 2 is 2.04 bits per heavy atom. The molecule has 126 valence electrons. The summed E-state index contributed by atoms with van der Waals surface area (Å²) in [4.78, 5) is 0. The van der Waals surface area contributed by atoms with Crippen LogP contribution in [0.5, 0.6) is 5.75 Å². The minimum absolute atomic E-state index is 0.675. The molecule has 2 heterocycles. The van der Waals surface area contributed by atoms with Crippen molar-refractivity contribution in [3.05, 3.63) is 40.2 Å². The van der Waals surface area contributed by atoms with Crippen molar-refractivity contribution in [3.63, 3.8) is 0 Å². The van der Waals surface area contributed by atoms with Gasteiger partial charge in [-0.1, -0.05) is 27.7 Å². The highest BCUT2D eigenvalue weighted by Crippen LogP contribution is 2.42. The van der Waals surface area contributed by atoms with E-state index >= 15 is 0 Å². The van der Waals surface area contributed by atoms with Crippen molar-refractivity contribution >= 4 is 11.8 Å². The number of benzene rings is 1. The van der Waals surface area contributed by atoms with Gasteiger partial charge in [0.2, 0.25) is 0 Å². The van der Waals surface area contributed by atoms with Crippen molar-refractivity contribution in [2.45, 2.75) is 53.4 Å². The Bertz CT molecular complexity index is 614. The molecule has 0 aromatic heterocycles. The first kappa shape index (κ1) is 17.6. The highest BCUT2D eigenvalue weighted by atomic mass is 16.5.